The van der Waals surface area contributed by atoms with Crippen molar-refractivity contribution in [1.29, 1.82) is 0 Å². The van der Waals surface area contributed by atoms with Crippen molar-refractivity contribution < 1.29 is 4.74 Å². The summed E-state index contributed by atoms with van der Waals surface area (Å²) in [6.45, 7) is 8.89. The van der Waals surface area contributed by atoms with E-state index in [2.05, 4.69) is 35.1 Å². The summed E-state index contributed by atoms with van der Waals surface area (Å²) in [4.78, 5) is 6.82. The molecule has 2 unspecified atom stereocenters. The molecule has 1 aliphatic heterocycles. The largest absolute Gasteiger partial charge is 0.481 e. The molecule has 0 aromatic carbocycles. The summed E-state index contributed by atoms with van der Waals surface area (Å²) in [7, 11) is 1.69. The molecule has 0 amide bonds. The molecule has 112 valence electrons. The average molecular weight is 277 g/mol. The molecule has 0 bridgehead atoms. The molecule has 4 nitrogen and oxygen atoms in total. The van der Waals surface area contributed by atoms with Crippen molar-refractivity contribution in [2.24, 2.45) is 5.92 Å². The quantitative estimate of drug-likeness (QED) is 0.896. The summed E-state index contributed by atoms with van der Waals surface area (Å²) >= 11 is 0. The Hall–Kier alpha value is -1.13. The summed E-state index contributed by atoms with van der Waals surface area (Å²) < 4.78 is 5.36. The van der Waals surface area contributed by atoms with Crippen LogP contribution in [0.2, 0.25) is 0 Å². The number of nitrogens with one attached hydrogen (secondary N) is 1. The zero-order valence-corrected chi connectivity index (χ0v) is 12.9. The van der Waals surface area contributed by atoms with E-state index in [1.165, 1.54) is 18.4 Å². The molecule has 1 N–H and O–H groups in total. The summed E-state index contributed by atoms with van der Waals surface area (Å²) in [5.74, 6) is 1.47. The fourth-order valence-corrected chi connectivity index (χ4v) is 2.80. The molecule has 0 radical (unpaired) electrons. The van der Waals surface area contributed by atoms with Crippen molar-refractivity contribution in [3.8, 4) is 5.88 Å². The Bertz CT molecular complexity index is 410. The number of methoxy groups -OCH3 is 1. The molecule has 2 atom stereocenters. The zero-order chi connectivity index (χ0) is 14.4. The first-order valence-corrected chi connectivity index (χ1v) is 7.68. The van der Waals surface area contributed by atoms with Crippen LogP contribution in [-0.2, 0) is 6.54 Å². The minimum atomic E-state index is 0.588. The molecule has 1 saturated heterocycles. The second-order valence-corrected chi connectivity index (χ2v) is 5.71. The maximum Gasteiger partial charge on any atom is 0.217 e. The van der Waals surface area contributed by atoms with Crippen molar-refractivity contribution >= 4 is 0 Å². The Morgan fingerprint density at radius 3 is 3.15 bits per heavy atom. The summed E-state index contributed by atoms with van der Waals surface area (Å²) in [5.41, 5.74) is 1.18. The molecule has 20 heavy (non-hydrogen) atoms. The van der Waals surface area contributed by atoms with Crippen LogP contribution < -0.4 is 10.1 Å². The minimum absolute atomic E-state index is 0.588. The van der Waals surface area contributed by atoms with Gasteiger partial charge in [-0.05, 0) is 31.5 Å². The van der Waals surface area contributed by atoms with Gasteiger partial charge in [0.05, 0.1) is 7.11 Å². The summed E-state index contributed by atoms with van der Waals surface area (Å²) in [6.07, 6.45) is 4.21. The first-order chi connectivity index (χ1) is 9.74. The van der Waals surface area contributed by atoms with Crippen LogP contribution in [0, 0.1) is 5.92 Å². The third-order valence-corrected chi connectivity index (χ3v) is 4.28. The Kier molecular flexibility index (Phi) is 5.80. The molecular weight excluding hydrogens is 250 g/mol. The molecule has 4 heteroatoms. The number of hydrogen-bond acceptors (Lipinski definition) is 4. The number of ether oxygens (including phenoxy) is 1. The van der Waals surface area contributed by atoms with Gasteiger partial charge in [0, 0.05) is 30.9 Å². The molecule has 1 aliphatic rings. The van der Waals surface area contributed by atoms with Gasteiger partial charge < -0.3 is 10.1 Å². The Morgan fingerprint density at radius 2 is 2.40 bits per heavy atom. The highest BCUT2D eigenvalue weighted by Crippen LogP contribution is 2.19. The Labute approximate surface area is 122 Å². The third-order valence-electron chi connectivity index (χ3n) is 4.28. The third kappa shape index (κ3) is 3.93. The fraction of sp³-hybridized carbons (Fsp3) is 0.688. The Balaban J connectivity index is 2.03. The SMILES string of the molecule is CCC(C)C1CN(Cc2cccnc2OC)CCCN1. The van der Waals surface area contributed by atoms with Gasteiger partial charge in [-0.25, -0.2) is 4.98 Å². The van der Waals surface area contributed by atoms with Crippen molar-refractivity contribution in [2.45, 2.75) is 39.3 Å². The maximum absolute atomic E-state index is 5.36. The van der Waals surface area contributed by atoms with Gasteiger partial charge in [-0.3, -0.25) is 4.90 Å². The molecular formula is C16H27N3O. The van der Waals surface area contributed by atoms with Crippen LogP contribution in [0.25, 0.3) is 0 Å². The van der Waals surface area contributed by atoms with Gasteiger partial charge in [0.25, 0.3) is 0 Å². The number of nitrogens with zero attached hydrogens (tertiary/aromatic N) is 2. The van der Waals surface area contributed by atoms with E-state index < -0.39 is 0 Å². The molecule has 1 fully saturated rings. The van der Waals surface area contributed by atoms with Crippen LogP contribution in [0.4, 0.5) is 0 Å². The van der Waals surface area contributed by atoms with Gasteiger partial charge in [-0.15, -0.1) is 0 Å². The maximum atomic E-state index is 5.36. The van der Waals surface area contributed by atoms with Gasteiger partial charge in [0.15, 0.2) is 0 Å². The predicted octanol–water partition coefficient (Wildman–Crippen LogP) is 2.30. The first-order valence-electron chi connectivity index (χ1n) is 7.68. The molecule has 0 spiro atoms. The molecule has 1 aromatic heterocycles. The lowest BCUT2D eigenvalue weighted by Gasteiger charge is -2.28. The first kappa shape index (κ1) is 15.3. The van der Waals surface area contributed by atoms with E-state index in [1.54, 1.807) is 13.3 Å². The van der Waals surface area contributed by atoms with E-state index in [-0.39, 0.29) is 0 Å². The van der Waals surface area contributed by atoms with E-state index in [0.29, 0.717) is 12.0 Å². The monoisotopic (exact) mass is 277 g/mol. The molecule has 0 aliphatic carbocycles. The number of aromatic nitrogens is 1. The second kappa shape index (κ2) is 7.60. The summed E-state index contributed by atoms with van der Waals surface area (Å²) in [6, 6.07) is 4.69. The standard InChI is InChI=1S/C16H27N3O/c1-4-13(2)15-12-19(10-6-9-17-15)11-14-7-5-8-18-16(14)20-3/h5,7-8,13,15,17H,4,6,9-12H2,1-3H3. The van der Waals surface area contributed by atoms with E-state index in [1.807, 2.05) is 6.07 Å². The van der Waals surface area contributed by atoms with Crippen LogP contribution >= 0.6 is 0 Å². The van der Waals surface area contributed by atoms with Crippen LogP contribution in [0.3, 0.4) is 0 Å². The minimum Gasteiger partial charge on any atom is -0.481 e. The normalized spacial score (nSPS) is 22.2. The van der Waals surface area contributed by atoms with Gasteiger partial charge in [0.1, 0.15) is 0 Å². The molecule has 2 heterocycles. The highest BCUT2D eigenvalue weighted by Gasteiger charge is 2.22. The number of rotatable bonds is 5. The highest BCUT2D eigenvalue weighted by molar-refractivity contribution is 5.25. The fourth-order valence-electron chi connectivity index (χ4n) is 2.80. The van der Waals surface area contributed by atoms with Crippen molar-refractivity contribution in [3.05, 3.63) is 23.9 Å². The molecule has 1 aromatic rings. The average Bonchev–Trinajstić information content (AvgIpc) is 2.72. The highest BCUT2D eigenvalue weighted by atomic mass is 16.5. The van der Waals surface area contributed by atoms with Crippen molar-refractivity contribution in [2.75, 3.05) is 26.7 Å². The second-order valence-electron chi connectivity index (χ2n) is 5.71. The number of hydrogen-bond donors (Lipinski definition) is 1. The smallest absolute Gasteiger partial charge is 0.217 e. The van der Waals surface area contributed by atoms with E-state index in [4.69, 9.17) is 4.74 Å². The topological polar surface area (TPSA) is 37.4 Å². The van der Waals surface area contributed by atoms with Gasteiger partial charge >= 0.3 is 0 Å². The van der Waals surface area contributed by atoms with Gasteiger partial charge in [-0.1, -0.05) is 26.3 Å². The lowest BCUT2D eigenvalue weighted by atomic mass is 9.99. The van der Waals surface area contributed by atoms with Crippen LogP contribution in [0.15, 0.2) is 18.3 Å². The lowest BCUT2D eigenvalue weighted by molar-refractivity contribution is 0.228. The van der Waals surface area contributed by atoms with Gasteiger partial charge in [-0.2, -0.15) is 0 Å². The zero-order valence-electron chi connectivity index (χ0n) is 12.9. The lowest BCUT2D eigenvalue weighted by Crippen LogP contribution is -2.41. The van der Waals surface area contributed by atoms with E-state index >= 15 is 0 Å². The predicted molar refractivity (Wildman–Crippen MR) is 81.9 cm³/mol. The van der Waals surface area contributed by atoms with E-state index in [0.717, 1.165) is 32.1 Å². The summed E-state index contributed by atoms with van der Waals surface area (Å²) in [5, 5.41) is 3.69. The van der Waals surface area contributed by atoms with Crippen LogP contribution in [0.5, 0.6) is 5.88 Å². The van der Waals surface area contributed by atoms with Gasteiger partial charge in [0.2, 0.25) is 5.88 Å². The van der Waals surface area contributed by atoms with E-state index in [9.17, 15) is 0 Å². The molecule has 2 rings (SSSR count). The Morgan fingerprint density at radius 1 is 1.55 bits per heavy atom. The number of pyridine rings is 1. The van der Waals surface area contributed by atoms with Crippen molar-refractivity contribution in [3.63, 3.8) is 0 Å². The van der Waals surface area contributed by atoms with Crippen molar-refractivity contribution in [1.82, 2.24) is 15.2 Å². The molecule has 0 saturated carbocycles. The van der Waals surface area contributed by atoms with Crippen LogP contribution in [0.1, 0.15) is 32.3 Å². The van der Waals surface area contributed by atoms with Crippen LogP contribution in [-0.4, -0.2) is 42.7 Å².